The van der Waals surface area contributed by atoms with Crippen LogP contribution in [-0.4, -0.2) is 30.9 Å². The highest BCUT2D eigenvalue weighted by Crippen LogP contribution is 2.41. The van der Waals surface area contributed by atoms with Crippen LogP contribution in [0.1, 0.15) is 37.2 Å². The van der Waals surface area contributed by atoms with Gasteiger partial charge in [-0.25, -0.2) is 0 Å². The minimum Gasteiger partial charge on any atom is -0.496 e. The number of aliphatic hydroxyl groups excluding tert-OH is 1. The third-order valence-corrected chi connectivity index (χ3v) is 4.62. The van der Waals surface area contributed by atoms with Crippen molar-refractivity contribution < 1.29 is 9.84 Å². The molecule has 2 aliphatic rings. The van der Waals surface area contributed by atoms with Gasteiger partial charge in [-0.15, -0.1) is 0 Å². The van der Waals surface area contributed by atoms with Crippen LogP contribution in [0.15, 0.2) is 24.3 Å². The van der Waals surface area contributed by atoms with E-state index in [2.05, 4.69) is 17.4 Å². The quantitative estimate of drug-likeness (QED) is 0.854. The number of rotatable bonds is 5. The number of benzene rings is 1. The van der Waals surface area contributed by atoms with Gasteiger partial charge in [0.05, 0.1) is 13.2 Å². The molecule has 0 saturated heterocycles. The van der Waals surface area contributed by atoms with Crippen LogP contribution in [0.5, 0.6) is 5.75 Å². The van der Waals surface area contributed by atoms with Gasteiger partial charge in [-0.2, -0.15) is 0 Å². The zero-order valence-electron chi connectivity index (χ0n) is 11.5. The van der Waals surface area contributed by atoms with Gasteiger partial charge in [-0.1, -0.05) is 18.2 Å². The molecule has 0 bridgehead atoms. The Morgan fingerprint density at radius 3 is 2.63 bits per heavy atom. The molecule has 2 saturated carbocycles. The molecule has 19 heavy (non-hydrogen) atoms. The van der Waals surface area contributed by atoms with E-state index in [1.165, 1.54) is 18.4 Å². The van der Waals surface area contributed by atoms with Crippen molar-refractivity contribution in [2.75, 3.05) is 13.7 Å². The van der Waals surface area contributed by atoms with Gasteiger partial charge < -0.3 is 15.2 Å². The molecule has 0 aromatic heterocycles. The third-order valence-electron chi connectivity index (χ3n) is 4.62. The largest absolute Gasteiger partial charge is 0.496 e. The number of nitrogens with one attached hydrogen (secondary N) is 1. The molecule has 104 valence electrons. The van der Waals surface area contributed by atoms with E-state index in [1.807, 2.05) is 12.1 Å². The molecule has 2 fully saturated rings. The van der Waals surface area contributed by atoms with E-state index >= 15 is 0 Å². The van der Waals surface area contributed by atoms with Crippen molar-refractivity contribution in [3.05, 3.63) is 29.8 Å². The Bertz CT molecular complexity index is 423. The molecule has 0 amide bonds. The lowest BCUT2D eigenvalue weighted by atomic mass is 9.75. The third kappa shape index (κ3) is 2.77. The maximum atomic E-state index is 9.26. The molecule has 0 atom stereocenters. The monoisotopic (exact) mass is 261 g/mol. The average Bonchev–Trinajstić information content (AvgIpc) is 2.35. The Hall–Kier alpha value is -1.06. The summed E-state index contributed by atoms with van der Waals surface area (Å²) in [5, 5.41) is 12.9. The molecule has 1 aromatic carbocycles. The molecular weight excluding hydrogens is 238 g/mol. The summed E-state index contributed by atoms with van der Waals surface area (Å²) in [6.07, 6.45) is 4.34. The molecule has 1 aromatic rings. The van der Waals surface area contributed by atoms with Gasteiger partial charge in [0.2, 0.25) is 0 Å². The van der Waals surface area contributed by atoms with E-state index in [9.17, 15) is 5.11 Å². The maximum Gasteiger partial charge on any atom is 0.122 e. The van der Waals surface area contributed by atoms with Crippen LogP contribution in [0.25, 0.3) is 0 Å². The zero-order chi connectivity index (χ0) is 13.2. The number of aliphatic hydroxyl groups is 1. The summed E-state index contributed by atoms with van der Waals surface area (Å²) in [7, 11) is 1.75. The highest BCUT2D eigenvalue weighted by Gasteiger charge is 2.33. The number of hydrogen-bond acceptors (Lipinski definition) is 3. The highest BCUT2D eigenvalue weighted by molar-refractivity contribution is 5.37. The molecule has 3 heteroatoms. The van der Waals surface area contributed by atoms with E-state index in [0.29, 0.717) is 17.9 Å². The first-order chi connectivity index (χ1) is 9.26. The molecule has 2 aliphatic carbocycles. The second kappa shape index (κ2) is 5.51. The molecule has 0 unspecified atom stereocenters. The van der Waals surface area contributed by atoms with Gasteiger partial charge in [0.15, 0.2) is 0 Å². The summed E-state index contributed by atoms with van der Waals surface area (Å²) < 4.78 is 5.43. The first-order valence-electron chi connectivity index (χ1n) is 7.30. The molecule has 3 rings (SSSR count). The lowest BCUT2D eigenvalue weighted by molar-refractivity contribution is 0.0399. The molecule has 0 radical (unpaired) electrons. The summed E-state index contributed by atoms with van der Waals surface area (Å²) >= 11 is 0. The first-order valence-corrected chi connectivity index (χ1v) is 7.30. The highest BCUT2D eigenvalue weighted by atomic mass is 16.5. The van der Waals surface area contributed by atoms with Crippen LogP contribution < -0.4 is 10.1 Å². The fourth-order valence-corrected chi connectivity index (χ4v) is 3.24. The minimum atomic E-state index is -0.0329. The van der Waals surface area contributed by atoms with Gasteiger partial charge >= 0.3 is 0 Å². The average molecular weight is 261 g/mol. The van der Waals surface area contributed by atoms with Crippen LogP contribution >= 0.6 is 0 Å². The van der Waals surface area contributed by atoms with Crippen LogP contribution in [0.4, 0.5) is 0 Å². The number of methoxy groups -OCH3 is 1. The van der Waals surface area contributed by atoms with Gasteiger partial charge in [-0.3, -0.25) is 0 Å². The van der Waals surface area contributed by atoms with E-state index in [-0.39, 0.29) is 6.10 Å². The summed E-state index contributed by atoms with van der Waals surface area (Å²) in [5.41, 5.74) is 1.35. The first kappa shape index (κ1) is 12.9. The fraction of sp³-hybridized carbons (Fsp3) is 0.625. The molecule has 2 N–H and O–H groups in total. The summed E-state index contributed by atoms with van der Waals surface area (Å²) in [6, 6.07) is 8.99. The molecule has 0 heterocycles. The minimum absolute atomic E-state index is 0.0329. The van der Waals surface area contributed by atoms with E-state index in [1.54, 1.807) is 7.11 Å². The Balaban J connectivity index is 1.44. The van der Waals surface area contributed by atoms with Gasteiger partial charge in [0.25, 0.3) is 0 Å². The zero-order valence-corrected chi connectivity index (χ0v) is 11.5. The summed E-state index contributed by atoms with van der Waals surface area (Å²) in [6.45, 7) is 1.07. The van der Waals surface area contributed by atoms with Crippen molar-refractivity contribution in [2.45, 2.75) is 43.7 Å². The predicted octanol–water partition coefficient (Wildman–Crippen LogP) is 2.30. The molecule has 0 aliphatic heterocycles. The van der Waals surface area contributed by atoms with E-state index in [0.717, 1.165) is 25.1 Å². The second-order valence-corrected chi connectivity index (χ2v) is 6.01. The van der Waals surface area contributed by atoms with Gasteiger partial charge in [0.1, 0.15) is 5.75 Å². The summed E-state index contributed by atoms with van der Waals surface area (Å²) in [5.74, 6) is 2.36. The van der Waals surface area contributed by atoms with Crippen molar-refractivity contribution in [2.24, 2.45) is 5.92 Å². The Morgan fingerprint density at radius 1 is 1.21 bits per heavy atom. The lowest BCUT2D eigenvalue weighted by Gasteiger charge is -2.39. The lowest BCUT2D eigenvalue weighted by Crippen LogP contribution is -2.45. The molecule has 3 nitrogen and oxygen atoms in total. The van der Waals surface area contributed by atoms with Crippen LogP contribution in [-0.2, 0) is 0 Å². The topological polar surface area (TPSA) is 41.5 Å². The standard InChI is InChI=1S/C16H23NO2/c1-19-16-5-3-2-4-15(16)12-8-13(9-12)17-10-11-6-14(18)7-11/h2-5,11-14,17-18H,6-10H2,1H3. The molecule has 0 spiro atoms. The van der Waals surface area contributed by atoms with Crippen molar-refractivity contribution in [3.8, 4) is 5.75 Å². The van der Waals surface area contributed by atoms with E-state index in [4.69, 9.17) is 4.74 Å². The Labute approximate surface area is 115 Å². The van der Waals surface area contributed by atoms with Crippen molar-refractivity contribution >= 4 is 0 Å². The SMILES string of the molecule is COc1ccccc1C1CC(NCC2CC(O)C2)C1. The fourth-order valence-electron chi connectivity index (χ4n) is 3.24. The summed E-state index contributed by atoms with van der Waals surface area (Å²) in [4.78, 5) is 0. The normalized spacial score (nSPS) is 33.4. The number of hydrogen-bond donors (Lipinski definition) is 2. The van der Waals surface area contributed by atoms with Crippen molar-refractivity contribution in [1.29, 1.82) is 0 Å². The van der Waals surface area contributed by atoms with E-state index < -0.39 is 0 Å². The Morgan fingerprint density at radius 2 is 1.95 bits per heavy atom. The van der Waals surface area contributed by atoms with Crippen LogP contribution in [0, 0.1) is 5.92 Å². The maximum absolute atomic E-state index is 9.26. The van der Waals surface area contributed by atoms with Gasteiger partial charge in [-0.05, 0) is 55.7 Å². The van der Waals surface area contributed by atoms with Crippen molar-refractivity contribution in [1.82, 2.24) is 5.32 Å². The predicted molar refractivity (Wildman–Crippen MR) is 75.5 cm³/mol. The number of ether oxygens (including phenoxy) is 1. The number of para-hydroxylation sites is 1. The Kier molecular flexibility index (Phi) is 3.76. The van der Waals surface area contributed by atoms with Crippen LogP contribution in [0.3, 0.4) is 0 Å². The smallest absolute Gasteiger partial charge is 0.122 e. The van der Waals surface area contributed by atoms with Crippen LogP contribution in [0.2, 0.25) is 0 Å². The van der Waals surface area contributed by atoms with Crippen molar-refractivity contribution in [3.63, 3.8) is 0 Å². The molecular formula is C16H23NO2. The second-order valence-electron chi connectivity index (χ2n) is 6.01. The van der Waals surface area contributed by atoms with Gasteiger partial charge in [0, 0.05) is 6.04 Å².